The first-order valence-corrected chi connectivity index (χ1v) is 8.31. The van der Waals surface area contributed by atoms with Crippen LogP contribution in [0.1, 0.15) is 25.8 Å². The lowest BCUT2D eigenvalue weighted by Crippen LogP contribution is -2.28. The van der Waals surface area contributed by atoms with Gasteiger partial charge in [-0.2, -0.15) is 0 Å². The summed E-state index contributed by atoms with van der Waals surface area (Å²) in [6.45, 7) is 4.86. The van der Waals surface area contributed by atoms with Crippen molar-refractivity contribution in [2.45, 2.75) is 32.1 Å². The summed E-state index contributed by atoms with van der Waals surface area (Å²) < 4.78 is 23.9. The number of rotatable bonds is 7. The van der Waals surface area contributed by atoms with Crippen molar-refractivity contribution >= 4 is 21.4 Å². The van der Waals surface area contributed by atoms with Crippen molar-refractivity contribution < 1.29 is 8.42 Å². The maximum atomic E-state index is 12.0. The van der Waals surface area contributed by atoms with Crippen molar-refractivity contribution in [1.82, 2.24) is 5.32 Å². The topological polar surface area (TPSA) is 46.2 Å². The molecule has 1 unspecified atom stereocenters. The molecule has 1 atom stereocenters. The summed E-state index contributed by atoms with van der Waals surface area (Å²) in [7, 11) is -3.09. The van der Waals surface area contributed by atoms with E-state index in [9.17, 15) is 8.42 Å². The zero-order chi connectivity index (χ0) is 13.6. The van der Waals surface area contributed by atoms with E-state index in [0.717, 1.165) is 6.54 Å². The van der Waals surface area contributed by atoms with Crippen LogP contribution in [0.2, 0.25) is 5.02 Å². The molecule has 1 N–H and O–H groups in total. The molecule has 0 aromatic heterocycles. The molecule has 5 heteroatoms. The van der Waals surface area contributed by atoms with Crippen LogP contribution in [0, 0.1) is 0 Å². The molecule has 1 rings (SSSR count). The fourth-order valence-electron chi connectivity index (χ4n) is 1.73. The molecule has 0 spiro atoms. The van der Waals surface area contributed by atoms with Crippen LogP contribution in [0.5, 0.6) is 0 Å². The van der Waals surface area contributed by atoms with Crippen molar-refractivity contribution in [3.8, 4) is 0 Å². The van der Waals surface area contributed by atoms with Crippen LogP contribution in [0.25, 0.3) is 0 Å². The van der Waals surface area contributed by atoms with E-state index >= 15 is 0 Å². The zero-order valence-electron chi connectivity index (χ0n) is 10.8. The molecule has 0 amide bonds. The number of hydrogen-bond acceptors (Lipinski definition) is 3. The number of hydrogen-bond donors (Lipinski definition) is 1. The zero-order valence-corrected chi connectivity index (χ0v) is 12.4. The Morgan fingerprint density at radius 1 is 1.33 bits per heavy atom. The fourth-order valence-corrected chi connectivity index (χ4v) is 3.60. The molecule has 0 heterocycles. The number of benzene rings is 1. The second kappa shape index (κ2) is 7.12. The van der Waals surface area contributed by atoms with Gasteiger partial charge in [0.1, 0.15) is 0 Å². The Bertz CT molecular complexity index is 474. The summed E-state index contributed by atoms with van der Waals surface area (Å²) in [4.78, 5) is 0. The average molecular weight is 290 g/mol. The second-order valence-electron chi connectivity index (χ2n) is 4.43. The highest BCUT2D eigenvalue weighted by Crippen LogP contribution is 2.18. The SMILES string of the molecule is CCNC(C)CCS(=O)(=O)Cc1ccccc1Cl. The Balaban J connectivity index is 2.58. The van der Waals surface area contributed by atoms with Gasteiger partial charge in [-0.25, -0.2) is 8.42 Å². The molecule has 3 nitrogen and oxygen atoms in total. The van der Waals surface area contributed by atoms with Crippen LogP contribution < -0.4 is 5.32 Å². The van der Waals surface area contributed by atoms with Gasteiger partial charge in [-0.15, -0.1) is 0 Å². The molecule has 0 aliphatic carbocycles. The van der Waals surface area contributed by atoms with E-state index in [4.69, 9.17) is 11.6 Å². The first kappa shape index (κ1) is 15.5. The predicted molar refractivity (Wildman–Crippen MR) is 76.7 cm³/mol. The molecule has 1 aromatic carbocycles. The average Bonchev–Trinajstić information content (AvgIpc) is 2.30. The standard InChI is InChI=1S/C13H20ClNO2S/c1-3-15-11(2)8-9-18(16,17)10-12-6-4-5-7-13(12)14/h4-7,11,15H,3,8-10H2,1-2H3. The third kappa shape index (κ3) is 5.38. The van der Waals surface area contributed by atoms with Gasteiger partial charge in [-0.1, -0.05) is 36.7 Å². The van der Waals surface area contributed by atoms with Crippen molar-refractivity contribution in [3.63, 3.8) is 0 Å². The Labute approximate surface area is 114 Å². The summed E-state index contributed by atoms with van der Waals surface area (Å²) in [5.41, 5.74) is 0.676. The summed E-state index contributed by atoms with van der Waals surface area (Å²) in [6.07, 6.45) is 0.626. The van der Waals surface area contributed by atoms with Crippen molar-refractivity contribution in [2.24, 2.45) is 0 Å². The molecular weight excluding hydrogens is 270 g/mol. The van der Waals surface area contributed by atoms with Gasteiger partial charge >= 0.3 is 0 Å². The second-order valence-corrected chi connectivity index (χ2v) is 7.02. The lowest BCUT2D eigenvalue weighted by atomic mass is 10.2. The van der Waals surface area contributed by atoms with Crippen molar-refractivity contribution in [3.05, 3.63) is 34.9 Å². The minimum absolute atomic E-state index is 0.0194. The van der Waals surface area contributed by atoms with Crippen LogP contribution in [0.4, 0.5) is 0 Å². The molecule has 0 aliphatic heterocycles. The quantitative estimate of drug-likeness (QED) is 0.839. The molecule has 18 heavy (non-hydrogen) atoms. The largest absolute Gasteiger partial charge is 0.314 e. The summed E-state index contributed by atoms with van der Waals surface area (Å²) in [5, 5.41) is 3.72. The van der Waals surface area contributed by atoms with Gasteiger partial charge in [0.15, 0.2) is 9.84 Å². The van der Waals surface area contributed by atoms with Crippen molar-refractivity contribution in [2.75, 3.05) is 12.3 Å². The first-order chi connectivity index (χ1) is 8.44. The van der Waals surface area contributed by atoms with Gasteiger partial charge < -0.3 is 5.32 Å². The predicted octanol–water partition coefficient (Wildman–Crippen LogP) is 2.64. The molecule has 0 aliphatic rings. The minimum Gasteiger partial charge on any atom is -0.314 e. The van der Waals surface area contributed by atoms with Crippen LogP contribution in [-0.4, -0.2) is 26.8 Å². The Hall–Kier alpha value is -0.580. The minimum atomic E-state index is -3.09. The van der Waals surface area contributed by atoms with Crippen LogP contribution in [-0.2, 0) is 15.6 Å². The Morgan fingerprint density at radius 3 is 2.61 bits per heavy atom. The number of sulfone groups is 1. The highest BCUT2D eigenvalue weighted by molar-refractivity contribution is 7.90. The lowest BCUT2D eigenvalue weighted by Gasteiger charge is -2.12. The van der Waals surface area contributed by atoms with E-state index in [1.54, 1.807) is 24.3 Å². The number of halogens is 1. The maximum absolute atomic E-state index is 12.0. The van der Waals surface area contributed by atoms with Gasteiger partial charge in [0.25, 0.3) is 0 Å². The smallest absolute Gasteiger partial charge is 0.154 e. The third-order valence-electron chi connectivity index (χ3n) is 2.75. The van der Waals surface area contributed by atoms with E-state index in [1.165, 1.54) is 0 Å². The van der Waals surface area contributed by atoms with E-state index in [-0.39, 0.29) is 17.5 Å². The van der Waals surface area contributed by atoms with Gasteiger partial charge in [0, 0.05) is 11.1 Å². The van der Waals surface area contributed by atoms with E-state index in [1.807, 2.05) is 13.8 Å². The summed E-state index contributed by atoms with van der Waals surface area (Å²) in [6, 6.07) is 7.29. The molecule has 0 saturated heterocycles. The number of nitrogens with one attached hydrogen (secondary N) is 1. The monoisotopic (exact) mass is 289 g/mol. The first-order valence-electron chi connectivity index (χ1n) is 6.12. The molecule has 0 bridgehead atoms. The molecule has 0 fully saturated rings. The van der Waals surface area contributed by atoms with E-state index < -0.39 is 9.84 Å². The third-order valence-corrected chi connectivity index (χ3v) is 4.72. The van der Waals surface area contributed by atoms with Crippen molar-refractivity contribution in [1.29, 1.82) is 0 Å². The van der Waals surface area contributed by atoms with E-state index in [2.05, 4.69) is 5.32 Å². The highest BCUT2D eigenvalue weighted by Gasteiger charge is 2.15. The van der Waals surface area contributed by atoms with Gasteiger partial charge in [-0.05, 0) is 31.5 Å². The Morgan fingerprint density at radius 2 is 2.00 bits per heavy atom. The Kier molecular flexibility index (Phi) is 6.12. The maximum Gasteiger partial charge on any atom is 0.154 e. The van der Waals surface area contributed by atoms with Gasteiger partial charge in [0.2, 0.25) is 0 Å². The lowest BCUT2D eigenvalue weighted by molar-refractivity contribution is 0.541. The van der Waals surface area contributed by atoms with Gasteiger partial charge in [-0.3, -0.25) is 0 Å². The van der Waals surface area contributed by atoms with E-state index in [0.29, 0.717) is 17.0 Å². The molecular formula is C13H20ClNO2S. The van der Waals surface area contributed by atoms with Crippen LogP contribution in [0.3, 0.4) is 0 Å². The molecule has 102 valence electrons. The highest BCUT2D eigenvalue weighted by atomic mass is 35.5. The summed E-state index contributed by atoms with van der Waals surface area (Å²) >= 11 is 5.97. The van der Waals surface area contributed by atoms with Crippen LogP contribution in [0.15, 0.2) is 24.3 Å². The molecule has 0 radical (unpaired) electrons. The molecule has 1 aromatic rings. The van der Waals surface area contributed by atoms with Gasteiger partial charge in [0.05, 0.1) is 11.5 Å². The van der Waals surface area contributed by atoms with Crippen LogP contribution >= 0.6 is 11.6 Å². The summed E-state index contributed by atoms with van der Waals surface area (Å²) in [5.74, 6) is 0.206. The fraction of sp³-hybridized carbons (Fsp3) is 0.538. The normalized spacial score (nSPS) is 13.5. The molecule has 0 saturated carbocycles.